The average molecular weight is 737 g/mol. The first-order valence-electron chi connectivity index (χ1n) is 13.1. The van der Waals surface area contributed by atoms with E-state index in [9.17, 15) is 46.6 Å². The van der Waals surface area contributed by atoms with Crippen molar-refractivity contribution in [2.45, 2.75) is 12.4 Å². The summed E-state index contributed by atoms with van der Waals surface area (Å²) in [5, 5.41) is 22.9. The quantitative estimate of drug-likeness (QED) is 0.0946. The first kappa shape index (κ1) is 31.7. The van der Waals surface area contributed by atoms with Gasteiger partial charge in [-0.15, -0.1) is 22.7 Å². The van der Waals surface area contributed by atoms with E-state index in [0.29, 0.717) is 65.2 Å². The van der Waals surface area contributed by atoms with Crippen molar-refractivity contribution in [2.75, 3.05) is 0 Å². The van der Waals surface area contributed by atoms with Crippen molar-refractivity contribution in [3.05, 3.63) is 92.0 Å². The Hall–Kier alpha value is -4.92. The SMILES string of the molecule is O=[N+]([O-])c1cc(-c2ccc(-c3c4c(c(-c5ccc(-c6ccc(C(F)(F)F)c([N+](=O)[O-])c6)s5)c5nsnc35)N=S=N4)s2)ccc1C(F)(F)F. The Kier molecular flexibility index (Phi) is 7.49. The van der Waals surface area contributed by atoms with Crippen LogP contribution in [0.5, 0.6) is 0 Å². The van der Waals surface area contributed by atoms with Crippen LogP contribution in [0.3, 0.4) is 0 Å². The van der Waals surface area contributed by atoms with Gasteiger partial charge in [-0.05, 0) is 47.5 Å². The number of thiophene rings is 2. The zero-order valence-electron chi connectivity index (χ0n) is 23.0. The number of alkyl halides is 6. The molecular weight excluding hydrogens is 727 g/mol. The monoisotopic (exact) mass is 736 g/mol. The maximum atomic E-state index is 13.4. The van der Waals surface area contributed by atoms with E-state index in [1.807, 2.05) is 0 Å². The topological polar surface area (TPSA) is 137 Å². The zero-order chi connectivity index (χ0) is 34.1. The number of aromatic nitrogens is 2. The third-order valence-electron chi connectivity index (χ3n) is 7.20. The van der Waals surface area contributed by atoms with Gasteiger partial charge in [-0.1, -0.05) is 12.1 Å². The van der Waals surface area contributed by atoms with Crippen LogP contribution in [0.1, 0.15) is 11.1 Å². The highest BCUT2D eigenvalue weighted by Crippen LogP contribution is 2.55. The summed E-state index contributed by atoms with van der Waals surface area (Å²) in [6.45, 7) is 0. The molecule has 0 amide bonds. The Bertz CT molecular complexity index is 2250. The van der Waals surface area contributed by atoms with Crippen molar-refractivity contribution in [3.8, 4) is 41.8 Å². The van der Waals surface area contributed by atoms with Crippen LogP contribution in [-0.2, 0) is 23.7 Å². The van der Waals surface area contributed by atoms with E-state index in [1.54, 1.807) is 24.3 Å². The van der Waals surface area contributed by atoms with Gasteiger partial charge in [0.1, 0.15) is 33.5 Å². The van der Waals surface area contributed by atoms with Crippen LogP contribution in [0.15, 0.2) is 69.4 Å². The van der Waals surface area contributed by atoms with Crippen molar-refractivity contribution in [2.24, 2.45) is 8.73 Å². The summed E-state index contributed by atoms with van der Waals surface area (Å²) in [6, 6.07) is 12.0. The molecule has 0 aliphatic carbocycles. The number of halogens is 6. The van der Waals surface area contributed by atoms with E-state index < -0.39 is 44.7 Å². The molecule has 0 spiro atoms. The van der Waals surface area contributed by atoms with Gasteiger partial charge < -0.3 is 0 Å². The van der Waals surface area contributed by atoms with E-state index >= 15 is 0 Å². The number of hydrogen-bond acceptors (Lipinski definition) is 11. The second-order valence-electron chi connectivity index (χ2n) is 9.97. The maximum Gasteiger partial charge on any atom is 0.422 e. The molecule has 242 valence electrons. The lowest BCUT2D eigenvalue weighted by Crippen LogP contribution is -2.08. The smallest absolute Gasteiger partial charge is 0.258 e. The number of rotatable bonds is 6. The van der Waals surface area contributed by atoms with Gasteiger partial charge >= 0.3 is 12.4 Å². The minimum absolute atomic E-state index is 0.206. The average Bonchev–Trinajstić information content (AvgIpc) is 3.85. The molecule has 0 bridgehead atoms. The zero-order valence-corrected chi connectivity index (χ0v) is 26.3. The molecule has 7 rings (SSSR count). The molecule has 0 N–H and O–H groups in total. The predicted octanol–water partition coefficient (Wildman–Crippen LogP) is 11.1. The molecule has 0 saturated carbocycles. The third kappa shape index (κ3) is 5.35. The lowest BCUT2D eigenvalue weighted by molar-refractivity contribution is -0.388. The van der Waals surface area contributed by atoms with Crippen molar-refractivity contribution in [1.29, 1.82) is 0 Å². The van der Waals surface area contributed by atoms with Crippen LogP contribution in [0, 0.1) is 20.2 Å². The molecule has 4 heterocycles. The van der Waals surface area contributed by atoms with Crippen molar-refractivity contribution < 1.29 is 36.2 Å². The largest absolute Gasteiger partial charge is 0.422 e. The number of nitro groups is 2. The highest BCUT2D eigenvalue weighted by atomic mass is 32.1. The fourth-order valence-electron chi connectivity index (χ4n) is 5.13. The summed E-state index contributed by atoms with van der Waals surface area (Å²) in [6.07, 6.45) is -9.82. The lowest BCUT2D eigenvalue weighted by atomic mass is 10.0. The van der Waals surface area contributed by atoms with Gasteiger partial charge in [0.25, 0.3) is 11.4 Å². The summed E-state index contributed by atoms with van der Waals surface area (Å²) in [5.41, 5.74) is -1.64. The predicted molar refractivity (Wildman–Crippen MR) is 170 cm³/mol. The maximum absolute atomic E-state index is 13.4. The van der Waals surface area contributed by atoms with Gasteiger partial charge in [-0.25, -0.2) is 0 Å². The van der Waals surface area contributed by atoms with Crippen LogP contribution in [0.4, 0.5) is 49.1 Å². The van der Waals surface area contributed by atoms with Gasteiger partial charge in [-0.2, -0.15) is 43.8 Å². The first-order valence-corrected chi connectivity index (χ1v) is 16.1. The van der Waals surface area contributed by atoms with E-state index in [1.165, 1.54) is 0 Å². The molecular formula is C28H10F6N6O4S4. The van der Waals surface area contributed by atoms with Gasteiger partial charge in [-0.3, -0.25) is 20.2 Å². The highest BCUT2D eigenvalue weighted by Gasteiger charge is 2.39. The third-order valence-corrected chi connectivity index (χ3v) is 10.6. The lowest BCUT2D eigenvalue weighted by Gasteiger charge is -2.10. The molecule has 3 aromatic carbocycles. The molecule has 20 heteroatoms. The molecule has 0 atom stereocenters. The molecule has 0 radical (unpaired) electrons. The van der Waals surface area contributed by atoms with Crippen LogP contribution in [0.2, 0.25) is 0 Å². The Morgan fingerprint density at radius 1 is 0.583 bits per heavy atom. The summed E-state index contributed by atoms with van der Waals surface area (Å²) in [5.74, 6) is 0. The Morgan fingerprint density at radius 2 is 0.979 bits per heavy atom. The van der Waals surface area contributed by atoms with Crippen molar-refractivity contribution in [1.82, 2.24) is 8.75 Å². The molecule has 10 nitrogen and oxygen atoms in total. The van der Waals surface area contributed by atoms with Crippen LogP contribution in [0.25, 0.3) is 52.8 Å². The van der Waals surface area contributed by atoms with Crippen LogP contribution in [-0.4, -0.2) is 18.6 Å². The molecule has 6 aromatic rings. The molecule has 1 aliphatic rings. The van der Waals surface area contributed by atoms with Gasteiger partial charge in [0, 0.05) is 42.8 Å². The molecule has 48 heavy (non-hydrogen) atoms. The fourth-order valence-corrected chi connectivity index (χ4v) is 8.35. The number of hydrogen-bond donors (Lipinski definition) is 0. The molecule has 0 fully saturated rings. The molecule has 1 aliphatic heterocycles. The Morgan fingerprint density at radius 3 is 1.35 bits per heavy atom. The van der Waals surface area contributed by atoms with Gasteiger partial charge in [0.05, 0.1) is 32.9 Å². The normalized spacial score (nSPS) is 12.8. The van der Waals surface area contributed by atoms with Crippen molar-refractivity contribution >= 4 is 79.5 Å². The standard InChI is InChI=1S/C28H10F6N6O4S4/c29-27(30,31)13-3-1-11(9-15(13)39(41)42)17-5-7-19(45-17)21-23-25(37-47-35-23)22(26-24(21)36-48-38-26)20-8-6-18(46-20)12-2-4-14(28(32,33)34)16(10-12)40(43)44/h1-10H. The fraction of sp³-hybridized carbons (Fsp3) is 0.0714. The molecule has 0 unspecified atom stereocenters. The summed E-state index contributed by atoms with van der Waals surface area (Å²) in [4.78, 5) is 22.8. The summed E-state index contributed by atoms with van der Waals surface area (Å²) >= 11 is 4.12. The van der Waals surface area contributed by atoms with Crippen LogP contribution < -0.4 is 0 Å². The van der Waals surface area contributed by atoms with E-state index in [2.05, 4.69) is 17.5 Å². The minimum Gasteiger partial charge on any atom is -0.258 e. The van der Waals surface area contributed by atoms with Crippen LogP contribution >= 0.6 is 34.4 Å². The minimum atomic E-state index is -4.91. The second-order valence-corrected chi connectivity index (χ2v) is 13.2. The van der Waals surface area contributed by atoms with Gasteiger partial charge in [0.15, 0.2) is 0 Å². The van der Waals surface area contributed by atoms with Gasteiger partial charge in [0.2, 0.25) is 0 Å². The number of nitro benzene ring substituents is 2. The van der Waals surface area contributed by atoms with E-state index in [-0.39, 0.29) is 11.1 Å². The summed E-state index contributed by atoms with van der Waals surface area (Å²) < 4.78 is 98.1. The number of fused-ring (bicyclic) bond motifs is 2. The Labute approximate surface area is 278 Å². The van der Waals surface area contributed by atoms with Crippen molar-refractivity contribution in [3.63, 3.8) is 0 Å². The van der Waals surface area contributed by atoms with E-state index in [0.717, 1.165) is 70.0 Å². The molecule has 0 saturated heterocycles. The molecule has 3 aromatic heterocycles. The number of nitrogens with zero attached hydrogens (tertiary/aromatic N) is 6. The Balaban J connectivity index is 1.31. The summed E-state index contributed by atoms with van der Waals surface area (Å²) in [7, 11) is 0. The first-order chi connectivity index (χ1) is 22.7. The van der Waals surface area contributed by atoms with E-state index in [4.69, 9.17) is 0 Å². The number of benzene rings is 3. The second kappa shape index (κ2) is 11.4. The highest BCUT2D eigenvalue weighted by molar-refractivity contribution is 7.58.